The summed E-state index contributed by atoms with van der Waals surface area (Å²) in [6, 6.07) is 5.18. The number of rotatable bonds is 3. The Labute approximate surface area is 119 Å². The van der Waals surface area contributed by atoms with Gasteiger partial charge in [-0.3, -0.25) is 4.79 Å². The number of ether oxygens (including phenoxy) is 2. The first kappa shape index (κ1) is 14.7. The summed E-state index contributed by atoms with van der Waals surface area (Å²) >= 11 is 0. The van der Waals surface area contributed by atoms with Crippen molar-refractivity contribution in [2.24, 2.45) is 0 Å². The smallest absolute Gasteiger partial charge is 0.254 e. The van der Waals surface area contributed by atoms with Gasteiger partial charge in [0.25, 0.3) is 5.91 Å². The lowest BCUT2D eigenvalue weighted by atomic mass is 10.0. The molecule has 0 fully saturated rings. The summed E-state index contributed by atoms with van der Waals surface area (Å²) in [5.74, 6) is 1.12. The molecule has 1 aromatic carbocycles. The lowest BCUT2D eigenvalue weighted by Gasteiger charge is -2.34. The number of nitrogens with zero attached hydrogens (tertiary/aromatic N) is 1. The molecule has 5 heteroatoms. The average molecular weight is 279 g/mol. The van der Waals surface area contributed by atoms with Crippen molar-refractivity contribution in [3.63, 3.8) is 0 Å². The number of carbonyl (C=O) groups excluding carboxylic acids is 1. The molecule has 1 aliphatic rings. The third-order valence-electron chi connectivity index (χ3n) is 3.59. The Kier molecular flexibility index (Phi) is 4.18. The molecule has 0 aliphatic carbocycles. The van der Waals surface area contributed by atoms with Gasteiger partial charge in [-0.2, -0.15) is 0 Å². The van der Waals surface area contributed by atoms with E-state index in [-0.39, 0.29) is 12.5 Å². The molecule has 1 aliphatic heterocycles. The molecule has 20 heavy (non-hydrogen) atoms. The van der Waals surface area contributed by atoms with Gasteiger partial charge in [0.1, 0.15) is 0 Å². The summed E-state index contributed by atoms with van der Waals surface area (Å²) in [6.45, 7) is 4.74. The number of aliphatic hydroxyl groups is 1. The molecule has 1 heterocycles. The summed E-state index contributed by atoms with van der Waals surface area (Å²) in [7, 11) is 1.68. The van der Waals surface area contributed by atoms with Crippen LogP contribution in [-0.2, 0) is 0 Å². The minimum absolute atomic E-state index is 0.0974. The van der Waals surface area contributed by atoms with Crippen LogP contribution in [0.5, 0.6) is 11.5 Å². The summed E-state index contributed by atoms with van der Waals surface area (Å²) in [5, 5.41) is 9.35. The zero-order valence-electron chi connectivity index (χ0n) is 12.2. The fraction of sp³-hybridized carbons (Fsp3) is 0.533. The number of hydrogen-bond acceptors (Lipinski definition) is 4. The zero-order chi connectivity index (χ0) is 14.8. The van der Waals surface area contributed by atoms with Gasteiger partial charge in [-0.05, 0) is 32.0 Å². The molecule has 0 saturated carbocycles. The molecule has 0 bridgehead atoms. The summed E-state index contributed by atoms with van der Waals surface area (Å²) in [4.78, 5) is 14.0. The van der Waals surface area contributed by atoms with Crippen molar-refractivity contribution in [2.75, 3.05) is 26.9 Å². The van der Waals surface area contributed by atoms with Crippen molar-refractivity contribution in [2.45, 2.75) is 25.8 Å². The fourth-order valence-corrected chi connectivity index (χ4v) is 1.87. The van der Waals surface area contributed by atoms with Gasteiger partial charge >= 0.3 is 0 Å². The Morgan fingerprint density at radius 2 is 1.95 bits per heavy atom. The molecule has 1 N–H and O–H groups in total. The SMILES string of the molecule is CN(C(=O)c1ccc2c(c1)OCCCO2)C(C)(C)CO. The first-order valence-corrected chi connectivity index (χ1v) is 6.74. The monoisotopic (exact) mass is 279 g/mol. The first-order chi connectivity index (χ1) is 9.45. The zero-order valence-corrected chi connectivity index (χ0v) is 12.2. The Hall–Kier alpha value is -1.75. The largest absolute Gasteiger partial charge is 0.490 e. The number of benzene rings is 1. The average Bonchev–Trinajstić information content (AvgIpc) is 2.69. The van der Waals surface area contributed by atoms with E-state index < -0.39 is 5.54 Å². The number of hydrogen-bond donors (Lipinski definition) is 1. The Balaban J connectivity index is 2.25. The van der Waals surface area contributed by atoms with Gasteiger partial charge in [-0.15, -0.1) is 0 Å². The fourth-order valence-electron chi connectivity index (χ4n) is 1.87. The topological polar surface area (TPSA) is 59.0 Å². The summed E-state index contributed by atoms with van der Waals surface area (Å²) in [6.07, 6.45) is 0.829. The number of carbonyl (C=O) groups is 1. The van der Waals surface area contributed by atoms with E-state index in [0.29, 0.717) is 30.3 Å². The molecule has 110 valence electrons. The van der Waals surface area contributed by atoms with Crippen LogP contribution in [-0.4, -0.2) is 48.3 Å². The molecule has 0 aromatic heterocycles. The minimum Gasteiger partial charge on any atom is -0.490 e. The standard InChI is InChI=1S/C15H21NO4/c1-15(2,10-17)16(3)14(18)11-5-6-12-13(9-11)20-8-4-7-19-12/h5-6,9,17H,4,7-8,10H2,1-3H3. The number of aliphatic hydroxyl groups excluding tert-OH is 1. The lowest BCUT2D eigenvalue weighted by molar-refractivity contribution is 0.0473. The number of amides is 1. The van der Waals surface area contributed by atoms with Gasteiger partial charge in [0.05, 0.1) is 25.4 Å². The maximum atomic E-state index is 12.4. The highest BCUT2D eigenvalue weighted by molar-refractivity contribution is 5.95. The summed E-state index contributed by atoms with van der Waals surface area (Å²) < 4.78 is 11.1. The van der Waals surface area contributed by atoms with Crippen molar-refractivity contribution < 1.29 is 19.4 Å². The van der Waals surface area contributed by atoms with Crippen LogP contribution in [0.1, 0.15) is 30.6 Å². The van der Waals surface area contributed by atoms with Crippen LogP contribution in [0, 0.1) is 0 Å². The third kappa shape index (κ3) is 2.88. The Morgan fingerprint density at radius 1 is 1.30 bits per heavy atom. The highest BCUT2D eigenvalue weighted by Crippen LogP contribution is 2.31. The molecule has 0 spiro atoms. The van der Waals surface area contributed by atoms with Crippen LogP contribution in [0.15, 0.2) is 18.2 Å². The van der Waals surface area contributed by atoms with Crippen molar-refractivity contribution in [3.05, 3.63) is 23.8 Å². The van der Waals surface area contributed by atoms with Gasteiger partial charge < -0.3 is 19.5 Å². The van der Waals surface area contributed by atoms with Crippen LogP contribution < -0.4 is 9.47 Å². The maximum absolute atomic E-state index is 12.4. The first-order valence-electron chi connectivity index (χ1n) is 6.74. The van der Waals surface area contributed by atoms with Gasteiger partial charge in [0.15, 0.2) is 11.5 Å². The third-order valence-corrected chi connectivity index (χ3v) is 3.59. The second-order valence-corrected chi connectivity index (χ2v) is 5.55. The van der Waals surface area contributed by atoms with E-state index in [2.05, 4.69) is 0 Å². The van der Waals surface area contributed by atoms with E-state index >= 15 is 0 Å². The summed E-state index contributed by atoms with van der Waals surface area (Å²) in [5.41, 5.74) is -0.0837. The molecule has 2 rings (SSSR count). The maximum Gasteiger partial charge on any atom is 0.254 e. The highest BCUT2D eigenvalue weighted by Gasteiger charge is 2.28. The molecule has 5 nitrogen and oxygen atoms in total. The molecule has 0 saturated heterocycles. The van der Waals surface area contributed by atoms with Gasteiger partial charge in [0, 0.05) is 19.0 Å². The molecule has 0 unspecified atom stereocenters. The second kappa shape index (κ2) is 5.71. The van der Waals surface area contributed by atoms with Crippen LogP contribution >= 0.6 is 0 Å². The molecule has 1 aromatic rings. The highest BCUT2D eigenvalue weighted by atomic mass is 16.5. The predicted octanol–water partition coefficient (Wildman–Crippen LogP) is 1.69. The van der Waals surface area contributed by atoms with E-state index in [1.807, 2.05) is 13.8 Å². The number of likely N-dealkylation sites (N-methyl/N-ethyl adjacent to an activating group) is 1. The normalized spacial score (nSPS) is 14.6. The van der Waals surface area contributed by atoms with Gasteiger partial charge in [-0.25, -0.2) is 0 Å². The Morgan fingerprint density at radius 3 is 2.60 bits per heavy atom. The quantitative estimate of drug-likeness (QED) is 0.914. The number of fused-ring (bicyclic) bond motifs is 1. The van der Waals surface area contributed by atoms with Crippen molar-refractivity contribution in [3.8, 4) is 11.5 Å². The molecular weight excluding hydrogens is 258 g/mol. The van der Waals surface area contributed by atoms with E-state index in [9.17, 15) is 9.90 Å². The van der Waals surface area contributed by atoms with Crippen LogP contribution in [0.25, 0.3) is 0 Å². The molecular formula is C15H21NO4. The van der Waals surface area contributed by atoms with E-state index in [4.69, 9.17) is 9.47 Å². The lowest BCUT2D eigenvalue weighted by Crippen LogP contribution is -2.47. The van der Waals surface area contributed by atoms with Crippen molar-refractivity contribution >= 4 is 5.91 Å². The predicted molar refractivity (Wildman–Crippen MR) is 75.3 cm³/mol. The van der Waals surface area contributed by atoms with E-state index in [1.165, 1.54) is 4.90 Å². The van der Waals surface area contributed by atoms with Crippen molar-refractivity contribution in [1.82, 2.24) is 4.90 Å². The van der Waals surface area contributed by atoms with Crippen molar-refractivity contribution in [1.29, 1.82) is 0 Å². The van der Waals surface area contributed by atoms with Crippen LogP contribution in [0.3, 0.4) is 0 Å². The van der Waals surface area contributed by atoms with Crippen LogP contribution in [0.4, 0.5) is 0 Å². The molecule has 1 amide bonds. The van der Waals surface area contributed by atoms with E-state index in [1.54, 1.807) is 25.2 Å². The minimum atomic E-state index is -0.610. The second-order valence-electron chi connectivity index (χ2n) is 5.55. The Bertz CT molecular complexity index is 499. The van der Waals surface area contributed by atoms with E-state index in [0.717, 1.165) is 6.42 Å². The van der Waals surface area contributed by atoms with Crippen LogP contribution in [0.2, 0.25) is 0 Å². The van der Waals surface area contributed by atoms with Gasteiger partial charge in [-0.1, -0.05) is 0 Å². The van der Waals surface area contributed by atoms with Gasteiger partial charge in [0.2, 0.25) is 0 Å². The molecule has 0 atom stereocenters. The molecule has 0 radical (unpaired) electrons.